The van der Waals surface area contributed by atoms with Crippen molar-refractivity contribution in [1.82, 2.24) is 0 Å². The Bertz CT molecular complexity index is 1620. The number of unbranched alkanes of at least 4 members (excludes halogenated alkanes) is 6. The quantitative estimate of drug-likeness (QED) is 0.0471. The van der Waals surface area contributed by atoms with Gasteiger partial charge in [0.25, 0.3) is 10.1 Å². The Balaban J connectivity index is 1.58. The van der Waals surface area contributed by atoms with Crippen LogP contribution in [0.4, 0.5) is 0 Å². The molecule has 0 aliphatic carbocycles. The van der Waals surface area contributed by atoms with Crippen LogP contribution in [0.1, 0.15) is 99.0 Å². The van der Waals surface area contributed by atoms with E-state index in [0.29, 0.717) is 12.0 Å². The van der Waals surface area contributed by atoms with E-state index in [1.165, 1.54) is 7.11 Å². The first kappa shape index (κ1) is 44.1. The van der Waals surface area contributed by atoms with Gasteiger partial charge in [0.2, 0.25) is 0 Å². The van der Waals surface area contributed by atoms with Gasteiger partial charge in [-0.15, -0.1) is 0 Å². The molecule has 11 nitrogen and oxygen atoms in total. The second-order valence-electron chi connectivity index (χ2n) is 13.9. The first-order valence-corrected chi connectivity index (χ1v) is 21.3. The van der Waals surface area contributed by atoms with E-state index in [1.807, 2.05) is 66.7 Å². The molecule has 1 aliphatic rings. The van der Waals surface area contributed by atoms with E-state index < -0.39 is 46.8 Å². The Kier molecular flexibility index (Phi) is 19.3. The van der Waals surface area contributed by atoms with E-state index >= 15 is 0 Å². The highest BCUT2D eigenvalue weighted by molar-refractivity contribution is 7.85. The molecule has 0 aromatic heterocycles. The lowest BCUT2D eigenvalue weighted by molar-refractivity contribution is -0.324. The van der Waals surface area contributed by atoms with E-state index in [4.69, 9.17) is 32.6 Å². The first-order valence-electron chi connectivity index (χ1n) is 19.5. The van der Waals surface area contributed by atoms with Crippen LogP contribution in [0, 0.1) is 0 Å². The second-order valence-corrected chi connectivity index (χ2v) is 15.6. The Morgan fingerprint density at radius 1 is 0.709 bits per heavy atom. The number of carbonyl (C=O) groups excluding carboxylic acids is 2. The topological polar surface area (TPSA) is 133 Å². The number of carbonyl (C=O) groups is 2. The SMILES string of the molecule is CCC[C@H](CCCCCCCCCC(=O)OC)O[C@@H]1O[C@H](COS(C)(=O)=O)[C@@H](OCc2ccccc2)[C@H](OCc2ccccc2)[C@H]1OC(=O)c1ccccc1. The molecule has 55 heavy (non-hydrogen) atoms. The van der Waals surface area contributed by atoms with E-state index in [2.05, 4.69) is 6.92 Å². The number of hydrogen-bond donors (Lipinski definition) is 0. The molecule has 0 radical (unpaired) electrons. The zero-order valence-corrected chi connectivity index (χ0v) is 33.2. The molecule has 3 aromatic carbocycles. The van der Waals surface area contributed by atoms with Crippen LogP contribution in [0.3, 0.4) is 0 Å². The highest BCUT2D eigenvalue weighted by atomic mass is 32.2. The minimum absolute atomic E-state index is 0.156. The third kappa shape index (κ3) is 16.2. The summed E-state index contributed by atoms with van der Waals surface area (Å²) in [6, 6.07) is 27.8. The molecule has 302 valence electrons. The number of ether oxygens (including phenoxy) is 6. The largest absolute Gasteiger partial charge is 0.469 e. The number of esters is 2. The molecule has 0 spiro atoms. The van der Waals surface area contributed by atoms with Gasteiger partial charge in [-0.25, -0.2) is 4.79 Å². The minimum Gasteiger partial charge on any atom is -0.469 e. The van der Waals surface area contributed by atoms with Crippen molar-refractivity contribution in [2.24, 2.45) is 0 Å². The molecule has 0 saturated carbocycles. The van der Waals surface area contributed by atoms with Crippen molar-refractivity contribution in [3.05, 3.63) is 108 Å². The van der Waals surface area contributed by atoms with E-state index in [9.17, 15) is 18.0 Å². The number of hydrogen-bond acceptors (Lipinski definition) is 11. The van der Waals surface area contributed by atoms with Gasteiger partial charge in [-0.3, -0.25) is 8.98 Å². The lowest BCUT2D eigenvalue weighted by Gasteiger charge is -2.46. The van der Waals surface area contributed by atoms with E-state index in [0.717, 1.165) is 81.6 Å². The Morgan fingerprint density at radius 2 is 1.25 bits per heavy atom. The molecule has 1 aliphatic heterocycles. The smallest absolute Gasteiger partial charge is 0.338 e. The first-order chi connectivity index (χ1) is 26.7. The van der Waals surface area contributed by atoms with Crippen LogP contribution >= 0.6 is 0 Å². The van der Waals surface area contributed by atoms with Crippen LogP contribution in [-0.4, -0.2) is 77.1 Å². The summed E-state index contributed by atoms with van der Waals surface area (Å²) in [4.78, 5) is 25.1. The third-order valence-electron chi connectivity index (χ3n) is 9.43. The van der Waals surface area contributed by atoms with E-state index in [1.54, 1.807) is 24.3 Å². The number of rotatable bonds is 25. The Labute approximate surface area is 327 Å². The van der Waals surface area contributed by atoms with Crippen LogP contribution < -0.4 is 0 Å². The van der Waals surface area contributed by atoms with Gasteiger partial charge in [0, 0.05) is 6.42 Å². The summed E-state index contributed by atoms with van der Waals surface area (Å²) in [5, 5.41) is 0. The summed E-state index contributed by atoms with van der Waals surface area (Å²) < 4.78 is 67.3. The van der Waals surface area contributed by atoms with Gasteiger partial charge in [0.15, 0.2) is 12.4 Å². The normalized spacial score (nSPS) is 20.5. The third-order valence-corrected chi connectivity index (χ3v) is 10.00. The molecule has 6 atom stereocenters. The van der Waals surface area contributed by atoms with Crippen molar-refractivity contribution in [2.45, 2.75) is 128 Å². The zero-order chi connectivity index (χ0) is 39.3. The average Bonchev–Trinajstić information content (AvgIpc) is 3.19. The lowest BCUT2D eigenvalue weighted by atomic mass is 9.97. The van der Waals surface area contributed by atoms with E-state index in [-0.39, 0.29) is 31.9 Å². The zero-order valence-electron chi connectivity index (χ0n) is 32.4. The van der Waals surface area contributed by atoms with Crippen molar-refractivity contribution >= 4 is 22.1 Å². The summed E-state index contributed by atoms with van der Waals surface area (Å²) in [6.45, 7) is 2.04. The van der Waals surface area contributed by atoms with Gasteiger partial charge in [-0.05, 0) is 42.5 Å². The van der Waals surface area contributed by atoms with Gasteiger partial charge >= 0.3 is 11.9 Å². The Hall–Kier alpha value is -3.65. The molecule has 0 bridgehead atoms. The van der Waals surface area contributed by atoms with Crippen LogP contribution in [0.25, 0.3) is 0 Å². The maximum atomic E-state index is 13.7. The van der Waals surface area contributed by atoms with Gasteiger partial charge in [0.1, 0.15) is 18.3 Å². The van der Waals surface area contributed by atoms with Gasteiger partial charge in [0.05, 0.1) is 44.9 Å². The average molecular weight is 783 g/mol. The summed E-state index contributed by atoms with van der Waals surface area (Å²) in [5.41, 5.74) is 2.12. The second kappa shape index (κ2) is 24.1. The van der Waals surface area contributed by atoms with Gasteiger partial charge in [-0.2, -0.15) is 8.42 Å². The molecule has 12 heteroatoms. The summed E-state index contributed by atoms with van der Waals surface area (Å²) in [5.74, 6) is -0.748. The molecule has 0 N–H and O–H groups in total. The van der Waals surface area contributed by atoms with Crippen molar-refractivity contribution in [2.75, 3.05) is 20.0 Å². The number of methoxy groups -OCH3 is 1. The lowest BCUT2D eigenvalue weighted by Crippen LogP contribution is -2.62. The van der Waals surface area contributed by atoms with Crippen LogP contribution in [0.5, 0.6) is 0 Å². The summed E-state index contributed by atoms with van der Waals surface area (Å²) in [7, 11) is -2.44. The fraction of sp³-hybridized carbons (Fsp3) is 0.535. The molecule has 3 aromatic rings. The van der Waals surface area contributed by atoms with Crippen LogP contribution in [0.2, 0.25) is 0 Å². The molecular weight excluding hydrogens is 725 g/mol. The molecule has 4 rings (SSSR count). The minimum atomic E-state index is -3.86. The fourth-order valence-corrected chi connectivity index (χ4v) is 6.93. The van der Waals surface area contributed by atoms with Crippen molar-refractivity contribution in [3.63, 3.8) is 0 Å². The fourth-order valence-electron chi connectivity index (χ4n) is 6.55. The maximum Gasteiger partial charge on any atom is 0.338 e. The summed E-state index contributed by atoms with van der Waals surface area (Å²) >= 11 is 0. The van der Waals surface area contributed by atoms with Crippen LogP contribution in [-0.2, 0) is 60.7 Å². The Morgan fingerprint density at radius 3 is 1.82 bits per heavy atom. The van der Waals surface area contributed by atoms with Crippen LogP contribution in [0.15, 0.2) is 91.0 Å². The van der Waals surface area contributed by atoms with Gasteiger partial charge in [-0.1, -0.05) is 131 Å². The number of benzene rings is 3. The maximum absolute atomic E-state index is 13.7. The van der Waals surface area contributed by atoms with Gasteiger partial charge < -0.3 is 28.4 Å². The predicted octanol–water partition coefficient (Wildman–Crippen LogP) is 7.95. The molecule has 1 saturated heterocycles. The monoisotopic (exact) mass is 782 g/mol. The van der Waals surface area contributed by atoms with Crippen molar-refractivity contribution in [3.8, 4) is 0 Å². The molecule has 0 unspecified atom stereocenters. The molecular formula is C43H58O11S. The standard InChI is InChI=1S/C43H58O11S/c1-4-21-36(28-19-8-6-5-7-9-20-29-38(44)48-2)52-43-41(54-42(45)35-26-17-12-18-27-35)40(50-31-34-24-15-11-16-25-34)39(37(53-43)32-51-55(3,46)47)49-30-33-22-13-10-14-23-33/h10-18,22-27,36-37,39-41,43H,4-9,19-21,28-32H2,1-3H3/t36-,37-,39-,40+,41-,43-/m1/s1. The predicted molar refractivity (Wildman–Crippen MR) is 208 cm³/mol. The molecule has 1 heterocycles. The van der Waals surface area contributed by atoms with Crippen molar-refractivity contribution in [1.29, 1.82) is 0 Å². The molecule has 1 fully saturated rings. The van der Waals surface area contributed by atoms with Crippen molar-refractivity contribution < 1.29 is 50.6 Å². The highest BCUT2D eigenvalue weighted by Crippen LogP contribution is 2.33. The highest BCUT2D eigenvalue weighted by Gasteiger charge is 2.51. The summed E-state index contributed by atoms with van der Waals surface area (Å²) in [6.07, 6.45) is 5.48. The molecule has 0 amide bonds.